The van der Waals surface area contributed by atoms with E-state index >= 15 is 0 Å². The SMILES string of the molecule is CCC[C](=O)[Sn]([C](=O)CCC)([C](=O)CCC)[c]1ccnn1C. The van der Waals surface area contributed by atoms with Gasteiger partial charge in [0.15, 0.2) is 0 Å². The molecule has 0 fully saturated rings. The molecule has 0 unspecified atom stereocenters. The standard InChI is InChI=1S/C4H5N2.3C4H7O.Sn/c1-6-4-2-3-5-6;3*1-2-3-4-5;/h2-3H,1H3;3*2-3H2,1H3;. The molecule has 1 aromatic heterocycles. The molecule has 0 bridgehead atoms. The molecule has 1 aromatic rings. The van der Waals surface area contributed by atoms with Gasteiger partial charge in [-0.05, 0) is 0 Å². The Kier molecular flexibility index (Phi) is 7.45. The first kappa shape index (κ1) is 19.1. The molecule has 0 spiro atoms. The first-order valence-corrected chi connectivity index (χ1v) is 13.8. The molecule has 0 N–H and O–H groups in total. The second-order valence-electron chi connectivity index (χ2n) is 5.61. The van der Waals surface area contributed by atoms with Crippen LogP contribution in [0.1, 0.15) is 59.3 Å². The number of aromatic nitrogens is 2. The Morgan fingerprint density at radius 3 is 1.64 bits per heavy atom. The van der Waals surface area contributed by atoms with E-state index in [0.717, 1.165) is 0 Å². The monoisotopic (exact) mass is 414 g/mol. The Bertz CT molecular complexity index is 506. The third-order valence-corrected chi connectivity index (χ3v) is 16.8. The van der Waals surface area contributed by atoms with Crippen LogP contribution < -0.4 is 3.71 Å². The number of nitrogens with zero attached hydrogens (tertiary/aromatic N) is 2. The molecule has 0 aliphatic rings. The normalized spacial score (nSPS) is 11.5. The van der Waals surface area contributed by atoms with Crippen LogP contribution in [0.25, 0.3) is 0 Å². The summed E-state index contributed by atoms with van der Waals surface area (Å²) < 4.78 is 1.93. The Morgan fingerprint density at radius 1 is 0.955 bits per heavy atom. The number of hydrogen-bond acceptors (Lipinski definition) is 4. The van der Waals surface area contributed by atoms with Crippen molar-refractivity contribution in [2.24, 2.45) is 7.05 Å². The van der Waals surface area contributed by atoms with Crippen LogP contribution in [0, 0.1) is 0 Å². The van der Waals surface area contributed by atoms with Crippen LogP contribution in [0.5, 0.6) is 0 Å². The molecule has 1 rings (SSSR count). The van der Waals surface area contributed by atoms with Crippen LogP contribution in [-0.4, -0.2) is 39.6 Å². The van der Waals surface area contributed by atoms with E-state index in [4.69, 9.17) is 0 Å². The van der Waals surface area contributed by atoms with E-state index in [1.165, 1.54) is 0 Å². The topological polar surface area (TPSA) is 69.0 Å². The van der Waals surface area contributed by atoms with E-state index in [9.17, 15) is 14.4 Å². The predicted molar refractivity (Wildman–Crippen MR) is 88.3 cm³/mol. The van der Waals surface area contributed by atoms with E-state index in [0.29, 0.717) is 42.2 Å². The van der Waals surface area contributed by atoms with Gasteiger partial charge >= 0.3 is 136 Å². The molecule has 0 aliphatic carbocycles. The number of carbonyl (C=O) groups excluding carboxylic acids is 3. The van der Waals surface area contributed by atoms with Crippen LogP contribution >= 0.6 is 0 Å². The summed E-state index contributed by atoms with van der Waals surface area (Å²) in [5, 5.41) is 4.12. The molecule has 0 radical (unpaired) electrons. The van der Waals surface area contributed by atoms with Gasteiger partial charge in [-0.3, -0.25) is 0 Å². The molecule has 1 heterocycles. The Balaban J connectivity index is 3.55. The molecule has 0 amide bonds. The molecular weight excluding hydrogens is 387 g/mol. The summed E-state index contributed by atoms with van der Waals surface area (Å²) >= 11 is -4.52. The average molecular weight is 413 g/mol. The summed E-state index contributed by atoms with van der Waals surface area (Å²) in [6, 6.07) is 1.71. The van der Waals surface area contributed by atoms with E-state index in [1.807, 2.05) is 20.8 Å². The number of hydrogen-bond donors (Lipinski definition) is 0. The van der Waals surface area contributed by atoms with Crippen molar-refractivity contribution in [2.75, 3.05) is 0 Å². The average Bonchev–Trinajstić information content (AvgIpc) is 2.87. The van der Waals surface area contributed by atoms with E-state index in [-0.39, 0.29) is 11.4 Å². The van der Waals surface area contributed by atoms with Crippen molar-refractivity contribution >= 4 is 33.5 Å². The van der Waals surface area contributed by atoms with Gasteiger partial charge in [0.05, 0.1) is 0 Å². The van der Waals surface area contributed by atoms with Gasteiger partial charge < -0.3 is 0 Å². The quantitative estimate of drug-likeness (QED) is 0.549. The van der Waals surface area contributed by atoms with Crippen LogP contribution in [0.4, 0.5) is 0 Å². The van der Waals surface area contributed by atoms with Crippen LogP contribution in [0.2, 0.25) is 0 Å². The molecule has 122 valence electrons. The van der Waals surface area contributed by atoms with Gasteiger partial charge in [-0.25, -0.2) is 0 Å². The van der Waals surface area contributed by atoms with Gasteiger partial charge in [0.2, 0.25) is 0 Å². The van der Waals surface area contributed by atoms with Gasteiger partial charge in [0, 0.05) is 0 Å². The van der Waals surface area contributed by atoms with Crippen molar-refractivity contribution in [3.8, 4) is 0 Å². The van der Waals surface area contributed by atoms with Crippen LogP contribution in [0.3, 0.4) is 0 Å². The van der Waals surface area contributed by atoms with Gasteiger partial charge in [-0.1, -0.05) is 0 Å². The molecule has 0 aliphatic heterocycles. The molecule has 22 heavy (non-hydrogen) atoms. The molecule has 0 saturated heterocycles. The van der Waals surface area contributed by atoms with E-state index in [2.05, 4.69) is 5.10 Å². The molecule has 0 saturated carbocycles. The first-order valence-electron chi connectivity index (χ1n) is 8.05. The van der Waals surface area contributed by atoms with Crippen molar-refractivity contribution < 1.29 is 14.4 Å². The van der Waals surface area contributed by atoms with Gasteiger partial charge in [-0.15, -0.1) is 0 Å². The zero-order chi connectivity index (χ0) is 16.8. The maximum atomic E-state index is 13.0. The number of rotatable bonds is 10. The van der Waals surface area contributed by atoms with Crippen molar-refractivity contribution in [3.63, 3.8) is 0 Å². The fourth-order valence-corrected chi connectivity index (χ4v) is 15.8. The molecule has 0 aromatic carbocycles. The predicted octanol–water partition coefficient (Wildman–Crippen LogP) is 1.80. The first-order chi connectivity index (χ1) is 10.5. The van der Waals surface area contributed by atoms with Crippen LogP contribution in [0.15, 0.2) is 12.3 Å². The summed E-state index contributed by atoms with van der Waals surface area (Å²) in [7, 11) is 1.72. The Morgan fingerprint density at radius 2 is 1.36 bits per heavy atom. The van der Waals surface area contributed by atoms with Crippen molar-refractivity contribution in [1.29, 1.82) is 0 Å². The minimum absolute atomic E-state index is 0.0858. The second kappa shape index (κ2) is 8.60. The molecule has 5 nitrogen and oxygen atoms in total. The summed E-state index contributed by atoms with van der Waals surface area (Å²) in [5.41, 5.74) is 0. The third kappa shape index (κ3) is 3.50. The van der Waals surface area contributed by atoms with Gasteiger partial charge in [0.1, 0.15) is 0 Å². The third-order valence-electron chi connectivity index (χ3n) is 3.89. The summed E-state index contributed by atoms with van der Waals surface area (Å²) in [5.74, 6) is 0. The van der Waals surface area contributed by atoms with E-state index in [1.54, 1.807) is 24.0 Å². The van der Waals surface area contributed by atoms with Gasteiger partial charge in [0.25, 0.3) is 0 Å². The zero-order valence-corrected chi connectivity index (χ0v) is 16.9. The summed E-state index contributed by atoms with van der Waals surface area (Å²) in [4.78, 5) is 38.9. The fraction of sp³-hybridized carbons (Fsp3) is 0.625. The number of carbonyl (C=O) groups is 3. The zero-order valence-electron chi connectivity index (χ0n) is 14.0. The second-order valence-corrected chi connectivity index (χ2v) is 16.1. The number of aryl methyl sites for hydroxylation is 1. The molecular formula is C16H26N2O3Sn. The van der Waals surface area contributed by atoms with E-state index < -0.39 is 18.4 Å². The molecule has 6 heteroatoms. The Labute approximate surface area is 136 Å². The Hall–Kier alpha value is -0.981. The molecule has 0 atom stereocenters. The fourth-order valence-electron chi connectivity index (χ4n) is 2.88. The van der Waals surface area contributed by atoms with Crippen LogP contribution in [-0.2, 0) is 21.4 Å². The summed E-state index contributed by atoms with van der Waals surface area (Å²) in [6.07, 6.45) is 4.50. The van der Waals surface area contributed by atoms with Crippen molar-refractivity contribution in [1.82, 2.24) is 9.78 Å². The van der Waals surface area contributed by atoms with Crippen molar-refractivity contribution in [3.05, 3.63) is 12.3 Å². The van der Waals surface area contributed by atoms with Gasteiger partial charge in [-0.2, -0.15) is 0 Å². The maximum absolute atomic E-state index is 13.0. The summed E-state index contributed by atoms with van der Waals surface area (Å²) in [6.45, 7) is 5.73. The van der Waals surface area contributed by atoms with Crippen molar-refractivity contribution in [2.45, 2.75) is 59.3 Å². The minimum atomic E-state index is -4.52.